The van der Waals surface area contributed by atoms with Crippen LogP contribution in [0, 0.1) is 11.3 Å². The number of ether oxygens (including phenoxy) is 1. The predicted octanol–water partition coefficient (Wildman–Crippen LogP) is 4.05. The summed E-state index contributed by atoms with van der Waals surface area (Å²) < 4.78 is 5.78. The van der Waals surface area contributed by atoms with Gasteiger partial charge in [-0.25, -0.2) is 4.79 Å². The van der Waals surface area contributed by atoms with Crippen molar-refractivity contribution >= 4 is 17.8 Å². The first-order chi connectivity index (χ1) is 16.6. The fraction of sp³-hybridized carbons (Fsp3) is 0.464. The Morgan fingerprint density at radius 3 is 2.20 bits per heavy atom. The van der Waals surface area contributed by atoms with E-state index in [1.807, 2.05) is 80.3 Å². The van der Waals surface area contributed by atoms with Gasteiger partial charge in [-0.05, 0) is 42.0 Å². The molecule has 0 unspecified atom stereocenters. The summed E-state index contributed by atoms with van der Waals surface area (Å²) >= 11 is 0. The molecule has 1 saturated heterocycles. The quantitative estimate of drug-likeness (QED) is 0.565. The van der Waals surface area contributed by atoms with Crippen molar-refractivity contribution in [1.29, 1.82) is 0 Å². The Bertz CT molecular complexity index is 990. The topological polar surface area (TPSA) is 95.9 Å². The van der Waals surface area contributed by atoms with Gasteiger partial charge in [-0.1, -0.05) is 63.2 Å². The summed E-state index contributed by atoms with van der Waals surface area (Å²) in [5.41, 5.74) is 1.46. The number of hydrogen-bond donors (Lipinski definition) is 2. The molecule has 188 valence electrons. The molecule has 0 saturated carbocycles. The lowest BCUT2D eigenvalue weighted by molar-refractivity contribution is -0.143. The molecular weight excluding hydrogens is 444 g/mol. The first kappa shape index (κ1) is 26.3. The van der Waals surface area contributed by atoms with E-state index in [-0.39, 0.29) is 30.6 Å². The lowest BCUT2D eigenvalue weighted by atomic mass is 9.89. The molecule has 7 nitrogen and oxygen atoms in total. The van der Waals surface area contributed by atoms with Gasteiger partial charge in [-0.2, -0.15) is 0 Å². The second kappa shape index (κ2) is 11.9. The molecule has 0 aromatic heterocycles. The zero-order valence-electron chi connectivity index (χ0n) is 20.8. The van der Waals surface area contributed by atoms with Gasteiger partial charge in [-0.3, -0.25) is 9.59 Å². The third kappa shape index (κ3) is 8.12. The zero-order valence-corrected chi connectivity index (χ0v) is 20.8. The molecule has 1 aliphatic rings. The van der Waals surface area contributed by atoms with E-state index >= 15 is 0 Å². The molecule has 2 aromatic rings. The number of carboxylic acid groups (broad SMARTS) is 1. The number of nitrogens with zero attached hydrogens (tertiary/aromatic N) is 1. The summed E-state index contributed by atoms with van der Waals surface area (Å²) in [6.07, 6.45) is 1.96. The van der Waals surface area contributed by atoms with Gasteiger partial charge in [0.1, 0.15) is 18.4 Å². The number of amides is 2. The van der Waals surface area contributed by atoms with Gasteiger partial charge < -0.3 is 20.1 Å². The number of likely N-dealkylation sites (tertiary alicyclic amines) is 1. The molecule has 0 radical (unpaired) electrons. The van der Waals surface area contributed by atoms with Crippen molar-refractivity contribution < 1.29 is 24.2 Å². The first-order valence-electron chi connectivity index (χ1n) is 12.2. The maximum atomic E-state index is 12.6. The molecule has 1 heterocycles. The normalized spacial score (nSPS) is 15.3. The number of aliphatic carboxylic acids is 1. The Hall–Kier alpha value is -3.35. The van der Waals surface area contributed by atoms with Crippen LogP contribution in [0.3, 0.4) is 0 Å². The summed E-state index contributed by atoms with van der Waals surface area (Å²) in [7, 11) is 0. The Labute approximate surface area is 207 Å². The number of carbonyl (C=O) groups excluding carboxylic acids is 2. The number of hydrogen-bond acceptors (Lipinski definition) is 4. The maximum Gasteiger partial charge on any atom is 0.326 e. The average Bonchev–Trinajstić information content (AvgIpc) is 2.83. The van der Waals surface area contributed by atoms with E-state index in [0.717, 1.165) is 24.0 Å². The molecule has 2 amide bonds. The number of carboxylic acids is 1. The van der Waals surface area contributed by atoms with Crippen LogP contribution in [-0.4, -0.2) is 46.9 Å². The molecule has 35 heavy (non-hydrogen) atoms. The Balaban J connectivity index is 1.46. The Morgan fingerprint density at radius 2 is 1.63 bits per heavy atom. The van der Waals surface area contributed by atoms with E-state index in [2.05, 4.69) is 5.32 Å². The number of piperidine rings is 1. The van der Waals surface area contributed by atoms with Gasteiger partial charge in [0, 0.05) is 31.3 Å². The second-order valence-corrected chi connectivity index (χ2v) is 10.3. The molecule has 2 aromatic carbocycles. The molecule has 1 aliphatic heterocycles. The highest BCUT2D eigenvalue weighted by molar-refractivity contribution is 5.84. The van der Waals surface area contributed by atoms with Gasteiger partial charge in [0.2, 0.25) is 11.8 Å². The van der Waals surface area contributed by atoms with Crippen LogP contribution in [0.15, 0.2) is 54.6 Å². The smallest absolute Gasteiger partial charge is 0.326 e. The third-order valence-corrected chi connectivity index (χ3v) is 6.26. The highest BCUT2D eigenvalue weighted by atomic mass is 16.5. The number of benzene rings is 2. The van der Waals surface area contributed by atoms with Crippen molar-refractivity contribution in [2.24, 2.45) is 11.3 Å². The lowest BCUT2D eigenvalue weighted by Crippen LogP contribution is -2.46. The van der Waals surface area contributed by atoms with Crippen LogP contribution < -0.4 is 10.1 Å². The summed E-state index contributed by atoms with van der Waals surface area (Å²) in [6, 6.07) is 16.1. The van der Waals surface area contributed by atoms with Crippen molar-refractivity contribution in [2.75, 3.05) is 13.1 Å². The third-order valence-electron chi connectivity index (χ3n) is 6.26. The first-order valence-corrected chi connectivity index (χ1v) is 12.2. The van der Waals surface area contributed by atoms with Gasteiger partial charge in [0.15, 0.2) is 0 Å². The van der Waals surface area contributed by atoms with Crippen molar-refractivity contribution in [3.63, 3.8) is 0 Å². The fourth-order valence-electron chi connectivity index (χ4n) is 4.23. The van der Waals surface area contributed by atoms with Crippen molar-refractivity contribution in [3.05, 3.63) is 65.7 Å². The minimum atomic E-state index is -1.06. The van der Waals surface area contributed by atoms with Crippen LogP contribution in [0.1, 0.15) is 51.2 Å². The molecule has 0 bridgehead atoms. The Morgan fingerprint density at radius 1 is 1.00 bits per heavy atom. The monoisotopic (exact) mass is 480 g/mol. The lowest BCUT2D eigenvalue weighted by Gasteiger charge is -2.35. The molecular formula is C28H36N2O5. The zero-order chi connectivity index (χ0) is 25.4. The molecule has 1 fully saturated rings. The van der Waals surface area contributed by atoms with Crippen LogP contribution in [0.4, 0.5) is 0 Å². The standard InChI is InChI=1S/C28H36N2O5/c1-28(2,3)27(34)30-15-13-21(14-16-30)18-25(31)29-24(26(32)33)17-20-9-11-23(12-10-20)35-19-22-7-5-4-6-8-22/h4-12,21,24H,13-19H2,1-3H3,(H,29,31)(H,32,33)/t24-/m0/s1. The van der Waals surface area contributed by atoms with E-state index in [0.29, 0.717) is 25.4 Å². The van der Waals surface area contributed by atoms with Gasteiger partial charge in [0.05, 0.1) is 0 Å². The van der Waals surface area contributed by atoms with E-state index in [1.54, 1.807) is 0 Å². The minimum absolute atomic E-state index is 0.128. The van der Waals surface area contributed by atoms with Crippen molar-refractivity contribution in [2.45, 2.75) is 59.1 Å². The minimum Gasteiger partial charge on any atom is -0.489 e. The Kier molecular flexibility index (Phi) is 8.90. The van der Waals surface area contributed by atoms with Crippen LogP contribution in [0.25, 0.3) is 0 Å². The van der Waals surface area contributed by atoms with E-state index in [4.69, 9.17) is 4.74 Å². The van der Waals surface area contributed by atoms with Crippen molar-refractivity contribution in [3.8, 4) is 5.75 Å². The van der Waals surface area contributed by atoms with Crippen molar-refractivity contribution in [1.82, 2.24) is 10.2 Å². The number of carbonyl (C=O) groups is 3. The number of nitrogens with one attached hydrogen (secondary N) is 1. The molecule has 7 heteroatoms. The van der Waals surface area contributed by atoms with E-state index < -0.39 is 17.4 Å². The van der Waals surface area contributed by atoms with Crippen LogP contribution >= 0.6 is 0 Å². The highest BCUT2D eigenvalue weighted by Crippen LogP contribution is 2.25. The second-order valence-electron chi connectivity index (χ2n) is 10.3. The molecule has 2 N–H and O–H groups in total. The van der Waals surface area contributed by atoms with Gasteiger partial charge >= 0.3 is 5.97 Å². The summed E-state index contributed by atoms with van der Waals surface area (Å²) in [5.74, 6) is -0.351. The van der Waals surface area contributed by atoms with Crippen LogP contribution in [0.2, 0.25) is 0 Å². The van der Waals surface area contributed by atoms with Crippen LogP contribution in [0.5, 0.6) is 5.75 Å². The number of rotatable bonds is 9. The molecule has 0 spiro atoms. The van der Waals surface area contributed by atoms with Gasteiger partial charge in [0.25, 0.3) is 0 Å². The fourth-order valence-corrected chi connectivity index (χ4v) is 4.23. The summed E-state index contributed by atoms with van der Waals surface area (Å²) in [4.78, 5) is 38.7. The molecule has 3 rings (SSSR count). The SMILES string of the molecule is CC(C)(C)C(=O)N1CCC(CC(=O)N[C@@H](Cc2ccc(OCc3ccccc3)cc2)C(=O)O)CC1. The van der Waals surface area contributed by atoms with E-state index in [9.17, 15) is 19.5 Å². The largest absolute Gasteiger partial charge is 0.489 e. The highest BCUT2D eigenvalue weighted by Gasteiger charge is 2.31. The predicted molar refractivity (Wildman–Crippen MR) is 134 cm³/mol. The van der Waals surface area contributed by atoms with Crippen LogP contribution in [-0.2, 0) is 27.4 Å². The average molecular weight is 481 g/mol. The molecule has 0 aliphatic carbocycles. The van der Waals surface area contributed by atoms with E-state index in [1.165, 1.54) is 0 Å². The van der Waals surface area contributed by atoms with Gasteiger partial charge in [-0.15, -0.1) is 0 Å². The molecule has 1 atom stereocenters. The summed E-state index contributed by atoms with van der Waals surface area (Å²) in [6.45, 7) is 7.45. The maximum absolute atomic E-state index is 12.6. The summed E-state index contributed by atoms with van der Waals surface area (Å²) in [5, 5.41) is 12.3.